The van der Waals surface area contributed by atoms with E-state index in [1.165, 1.54) is 11.1 Å². The van der Waals surface area contributed by atoms with Crippen molar-refractivity contribution in [3.05, 3.63) is 149 Å². The third-order valence-corrected chi connectivity index (χ3v) is 11.8. The molecule has 16 heteroatoms. The van der Waals surface area contributed by atoms with Crippen molar-refractivity contribution in [2.75, 3.05) is 30.0 Å². The monoisotopic (exact) mass is 828 g/mol. The van der Waals surface area contributed by atoms with Gasteiger partial charge in [-0.05, 0) is 111 Å². The number of hydrogen-bond acceptors (Lipinski definition) is 12. The van der Waals surface area contributed by atoms with Crippen LogP contribution in [0.25, 0.3) is 16.7 Å². The second-order valence-corrected chi connectivity index (χ2v) is 15.4. The first-order valence-electron chi connectivity index (χ1n) is 20.4. The van der Waals surface area contributed by atoms with E-state index < -0.39 is 0 Å². The van der Waals surface area contributed by atoms with Gasteiger partial charge in [0.2, 0.25) is 0 Å². The second kappa shape index (κ2) is 16.5. The number of anilines is 4. The summed E-state index contributed by atoms with van der Waals surface area (Å²) in [5, 5.41) is 16.8. The van der Waals surface area contributed by atoms with Crippen molar-refractivity contribution in [3.8, 4) is 5.69 Å². The molecule has 16 nitrogen and oxygen atoms in total. The average Bonchev–Trinajstić information content (AvgIpc) is 4.17. The Morgan fingerprint density at radius 1 is 0.548 bits per heavy atom. The minimum atomic E-state index is -0.00117. The Morgan fingerprint density at radius 2 is 0.968 bits per heavy atom. The number of rotatable bonds is 3. The summed E-state index contributed by atoms with van der Waals surface area (Å²) >= 11 is 0. The molecule has 3 amide bonds. The molecule has 0 radical (unpaired) electrons. The minimum absolute atomic E-state index is 0.00117. The van der Waals surface area contributed by atoms with Crippen molar-refractivity contribution in [1.29, 1.82) is 0 Å². The number of nitrogens with one attached hydrogen (secondary N) is 3. The largest absolute Gasteiger partial charge is 0.400 e. The van der Waals surface area contributed by atoms with Gasteiger partial charge in [0, 0.05) is 95.3 Å². The summed E-state index contributed by atoms with van der Waals surface area (Å²) in [5.74, 6) is 1.99. The average molecular weight is 829 g/mol. The summed E-state index contributed by atoms with van der Waals surface area (Å²) in [6, 6.07) is 20.0. The number of aliphatic hydroxyl groups is 1. The molecular formula is C46H44N12O4. The molecule has 4 N–H and O–H groups in total. The molecule has 0 aliphatic carbocycles. The molecule has 3 unspecified atom stereocenters. The second-order valence-electron chi connectivity index (χ2n) is 15.4. The summed E-state index contributed by atoms with van der Waals surface area (Å²) in [6.07, 6.45) is 14.1. The van der Waals surface area contributed by atoms with E-state index >= 15 is 0 Å². The topological polar surface area (TPSA) is 196 Å². The van der Waals surface area contributed by atoms with Gasteiger partial charge in [-0.2, -0.15) is 0 Å². The quantitative estimate of drug-likeness (QED) is 0.168. The maximum absolute atomic E-state index is 11.8. The van der Waals surface area contributed by atoms with Crippen LogP contribution < -0.4 is 25.8 Å². The minimum Gasteiger partial charge on any atom is -0.400 e. The maximum atomic E-state index is 11.8. The van der Waals surface area contributed by atoms with Gasteiger partial charge >= 0.3 is 0 Å². The van der Waals surface area contributed by atoms with Gasteiger partial charge in [0.25, 0.3) is 17.7 Å². The molecule has 12 rings (SSSR count). The van der Waals surface area contributed by atoms with Crippen molar-refractivity contribution in [2.45, 2.75) is 51.7 Å². The molecule has 9 heterocycles. The molecule has 0 saturated heterocycles. The SMILES string of the molecule is CC1NC(=O)c2ccc(-n3ccc4cncnc43)cc21.CC1NC(=O)c2ccc(N3CCc4cncnc43)cc21.CC1NC(=O)c2ccc(N3CCc4cncnc43)cc21.CO. The van der Waals surface area contributed by atoms with Crippen LogP contribution in [0.15, 0.2) is 104 Å². The van der Waals surface area contributed by atoms with Gasteiger partial charge in [0.1, 0.15) is 36.3 Å². The highest BCUT2D eigenvalue weighted by Gasteiger charge is 2.30. The molecule has 7 aromatic rings. The normalized spacial score (nSPS) is 18.4. The summed E-state index contributed by atoms with van der Waals surface area (Å²) in [7, 11) is 1.00. The number of benzene rings is 3. The first kappa shape index (κ1) is 39.8. The number of amides is 3. The third-order valence-electron chi connectivity index (χ3n) is 11.8. The van der Waals surface area contributed by atoms with E-state index in [1.807, 2.05) is 92.5 Å². The molecule has 4 aromatic heterocycles. The summed E-state index contributed by atoms with van der Waals surface area (Å²) in [4.78, 5) is 64.9. The van der Waals surface area contributed by atoms with E-state index in [-0.39, 0.29) is 35.8 Å². The number of aliphatic hydroxyl groups excluding tert-OH is 1. The smallest absolute Gasteiger partial charge is 0.252 e. The van der Waals surface area contributed by atoms with Crippen LogP contribution in [0.5, 0.6) is 0 Å². The van der Waals surface area contributed by atoms with Crippen LogP contribution >= 0.6 is 0 Å². The van der Waals surface area contributed by atoms with Gasteiger partial charge in [-0.25, -0.2) is 29.9 Å². The predicted molar refractivity (Wildman–Crippen MR) is 233 cm³/mol. The van der Waals surface area contributed by atoms with Crippen LogP contribution in [-0.2, 0) is 12.8 Å². The molecule has 62 heavy (non-hydrogen) atoms. The summed E-state index contributed by atoms with van der Waals surface area (Å²) < 4.78 is 2.01. The van der Waals surface area contributed by atoms with E-state index in [4.69, 9.17) is 5.11 Å². The lowest BCUT2D eigenvalue weighted by molar-refractivity contribution is 0.0950. The van der Waals surface area contributed by atoms with Crippen LogP contribution in [0.2, 0.25) is 0 Å². The Morgan fingerprint density at radius 3 is 1.45 bits per heavy atom. The highest BCUT2D eigenvalue weighted by molar-refractivity contribution is 6.01. The van der Waals surface area contributed by atoms with E-state index in [2.05, 4.69) is 67.8 Å². The van der Waals surface area contributed by atoms with Crippen LogP contribution in [0.4, 0.5) is 23.0 Å². The number of carbonyl (C=O) groups excluding carboxylic acids is 3. The zero-order chi connectivity index (χ0) is 43.1. The lowest BCUT2D eigenvalue weighted by Crippen LogP contribution is -2.16. The van der Waals surface area contributed by atoms with Gasteiger partial charge < -0.3 is 35.4 Å². The third kappa shape index (κ3) is 7.13. The van der Waals surface area contributed by atoms with Crippen molar-refractivity contribution >= 4 is 51.8 Å². The Bertz CT molecular complexity index is 2760. The van der Waals surface area contributed by atoms with Crippen molar-refractivity contribution in [2.24, 2.45) is 0 Å². The summed E-state index contributed by atoms with van der Waals surface area (Å²) in [6.45, 7) is 7.82. The van der Waals surface area contributed by atoms with Crippen LogP contribution in [0.3, 0.4) is 0 Å². The number of hydrogen-bond donors (Lipinski definition) is 4. The van der Waals surface area contributed by atoms with E-state index in [1.54, 1.807) is 25.2 Å². The number of fused-ring (bicyclic) bond motifs is 6. The Balaban J connectivity index is 0.000000116. The van der Waals surface area contributed by atoms with E-state index in [0.29, 0.717) is 0 Å². The zero-order valence-corrected chi connectivity index (χ0v) is 34.6. The van der Waals surface area contributed by atoms with Gasteiger partial charge in [-0.3, -0.25) is 14.4 Å². The lowest BCUT2D eigenvalue weighted by Gasteiger charge is -2.19. The van der Waals surface area contributed by atoms with Crippen LogP contribution in [-0.4, -0.2) is 77.5 Å². The van der Waals surface area contributed by atoms with Gasteiger partial charge in [-0.15, -0.1) is 0 Å². The standard InChI is InChI=1S/2C15H14N4O.C15H12N4O.CH4O/c3*1-9-13-6-11(2-3-12(13)15(20)18-9)19-5-4-10-7-16-8-17-14(10)19;1-2/h2*2-3,6-9H,4-5H2,1H3,(H,18,20);2-9H,1H3,(H,18,20);2H,1H3. The van der Waals surface area contributed by atoms with Gasteiger partial charge in [-0.1, -0.05) is 0 Å². The molecule has 0 fully saturated rings. The first-order valence-corrected chi connectivity index (χ1v) is 20.4. The van der Waals surface area contributed by atoms with Crippen molar-refractivity contribution in [1.82, 2.24) is 50.4 Å². The number of nitrogens with zero attached hydrogens (tertiary/aromatic N) is 9. The molecule has 312 valence electrons. The Labute approximate surface area is 357 Å². The lowest BCUT2D eigenvalue weighted by atomic mass is 10.0. The highest BCUT2D eigenvalue weighted by atomic mass is 16.2. The molecule has 3 aromatic carbocycles. The number of carbonyl (C=O) groups is 3. The highest BCUT2D eigenvalue weighted by Crippen LogP contribution is 2.37. The number of aromatic nitrogens is 7. The Hall–Kier alpha value is -7.59. The fourth-order valence-corrected chi connectivity index (χ4v) is 8.70. The molecule has 0 spiro atoms. The zero-order valence-electron chi connectivity index (χ0n) is 34.6. The summed E-state index contributed by atoms with van der Waals surface area (Å²) in [5.41, 5.74) is 11.9. The van der Waals surface area contributed by atoms with Crippen molar-refractivity contribution < 1.29 is 19.5 Å². The molecule has 0 bridgehead atoms. The van der Waals surface area contributed by atoms with Crippen molar-refractivity contribution in [3.63, 3.8) is 0 Å². The van der Waals surface area contributed by atoms with Crippen LogP contribution in [0, 0.1) is 0 Å². The van der Waals surface area contributed by atoms with Gasteiger partial charge in [0.15, 0.2) is 0 Å². The fraction of sp³-hybridized carbons (Fsp3) is 0.239. The molecular weight excluding hydrogens is 785 g/mol. The Kier molecular flexibility index (Phi) is 10.6. The predicted octanol–water partition coefficient (Wildman–Crippen LogP) is 5.78. The molecule has 5 aliphatic rings. The van der Waals surface area contributed by atoms with Gasteiger partial charge in [0.05, 0.1) is 18.1 Å². The fourth-order valence-electron chi connectivity index (χ4n) is 8.70. The molecule has 0 saturated carbocycles. The first-order chi connectivity index (χ1) is 30.2. The molecule has 3 atom stereocenters. The van der Waals surface area contributed by atoms with E-state index in [0.717, 1.165) is 106 Å². The molecule has 5 aliphatic heterocycles. The van der Waals surface area contributed by atoms with E-state index in [9.17, 15) is 14.4 Å². The van der Waals surface area contributed by atoms with Crippen LogP contribution in [0.1, 0.15) is 97.8 Å². The maximum Gasteiger partial charge on any atom is 0.252 e.